The van der Waals surface area contributed by atoms with Gasteiger partial charge in [-0.1, -0.05) is 6.08 Å². The Balaban J connectivity index is 2.39. The Labute approximate surface area is 113 Å². The number of nitrogens with one attached hydrogen (secondary N) is 1. The normalized spacial score (nSPS) is 15.5. The molecule has 0 saturated heterocycles. The lowest BCUT2D eigenvalue weighted by molar-refractivity contribution is -0.133. The lowest BCUT2D eigenvalue weighted by atomic mass is 10.0. The van der Waals surface area contributed by atoms with Gasteiger partial charge in [-0.25, -0.2) is 0 Å². The average Bonchev–Trinajstić information content (AvgIpc) is 2.90. The van der Waals surface area contributed by atoms with Crippen LogP contribution in [0.1, 0.15) is 26.0 Å². The van der Waals surface area contributed by atoms with Crippen LogP contribution < -0.4 is 5.32 Å². The van der Waals surface area contributed by atoms with Crippen molar-refractivity contribution in [3.63, 3.8) is 0 Å². The molecule has 0 saturated carbocycles. The Morgan fingerprint density at radius 1 is 1.74 bits per heavy atom. The van der Waals surface area contributed by atoms with E-state index in [0.29, 0.717) is 18.8 Å². The van der Waals surface area contributed by atoms with E-state index in [1.807, 2.05) is 0 Å². The molecule has 0 aliphatic carbocycles. The predicted molar refractivity (Wildman–Crippen MR) is 71.5 cm³/mol. The molecule has 0 radical (unpaired) electrons. The van der Waals surface area contributed by atoms with E-state index in [0.717, 1.165) is 0 Å². The lowest BCUT2D eigenvalue weighted by Gasteiger charge is -2.22. The number of hydrogen-bond donors (Lipinski definition) is 2. The van der Waals surface area contributed by atoms with Gasteiger partial charge in [-0.3, -0.25) is 4.79 Å². The number of hydrogen-bond acceptors (Lipinski definition) is 4. The molecule has 5 heteroatoms. The van der Waals surface area contributed by atoms with E-state index in [2.05, 4.69) is 11.9 Å². The summed E-state index contributed by atoms with van der Waals surface area (Å²) in [5.74, 6) is 0.143. The maximum atomic E-state index is 11.7. The third-order valence-electron chi connectivity index (χ3n) is 2.72. The van der Waals surface area contributed by atoms with Gasteiger partial charge in [-0.2, -0.15) is 0 Å². The molecule has 1 rings (SSSR count). The molecule has 0 aliphatic heterocycles. The molecule has 0 bridgehead atoms. The molecular weight excluding hydrogens is 246 g/mol. The van der Waals surface area contributed by atoms with Crippen molar-refractivity contribution in [2.75, 3.05) is 13.2 Å². The zero-order valence-electron chi connectivity index (χ0n) is 11.4. The molecule has 0 spiro atoms. The van der Waals surface area contributed by atoms with Crippen LogP contribution in [-0.4, -0.2) is 30.3 Å². The molecule has 5 nitrogen and oxygen atoms in total. The minimum atomic E-state index is -1.24. The van der Waals surface area contributed by atoms with Crippen molar-refractivity contribution in [2.24, 2.45) is 0 Å². The van der Waals surface area contributed by atoms with Crippen molar-refractivity contribution in [3.8, 4) is 0 Å². The van der Waals surface area contributed by atoms with Crippen LogP contribution in [0.4, 0.5) is 0 Å². The van der Waals surface area contributed by atoms with Gasteiger partial charge in [0.25, 0.3) is 0 Å². The molecule has 1 aromatic heterocycles. The second-order valence-electron chi connectivity index (χ2n) is 4.56. The van der Waals surface area contributed by atoms with Crippen molar-refractivity contribution >= 4 is 5.91 Å². The van der Waals surface area contributed by atoms with Gasteiger partial charge in [-0.15, -0.1) is 6.58 Å². The van der Waals surface area contributed by atoms with E-state index >= 15 is 0 Å². The summed E-state index contributed by atoms with van der Waals surface area (Å²) in [6.07, 6.45) is 3.34. The summed E-state index contributed by atoms with van der Waals surface area (Å²) >= 11 is 0. The van der Waals surface area contributed by atoms with Gasteiger partial charge in [0.2, 0.25) is 5.91 Å². The van der Waals surface area contributed by atoms with Gasteiger partial charge in [0.1, 0.15) is 17.5 Å². The van der Waals surface area contributed by atoms with Crippen LogP contribution in [0.25, 0.3) is 0 Å². The first-order valence-corrected chi connectivity index (χ1v) is 6.24. The van der Waals surface area contributed by atoms with Gasteiger partial charge in [0, 0.05) is 0 Å². The highest BCUT2D eigenvalue weighted by atomic mass is 16.5. The first-order chi connectivity index (χ1) is 8.97. The Bertz CT molecular complexity index is 398. The SMILES string of the molecule is C=CCCOC(C)C(=O)NCC(C)(O)c1ccco1. The standard InChI is InChI=1S/C14H21NO4/c1-4-5-8-18-11(2)13(16)15-10-14(3,17)12-7-6-9-19-12/h4,6-7,9,11,17H,1,5,8,10H2,2-3H3,(H,15,16). The predicted octanol–water partition coefficient (Wildman–Crippen LogP) is 1.58. The minimum Gasteiger partial charge on any atom is -0.466 e. The topological polar surface area (TPSA) is 71.7 Å². The second-order valence-corrected chi connectivity index (χ2v) is 4.56. The Morgan fingerprint density at radius 2 is 2.47 bits per heavy atom. The van der Waals surface area contributed by atoms with Crippen molar-refractivity contribution in [1.82, 2.24) is 5.32 Å². The Hall–Kier alpha value is -1.59. The van der Waals surface area contributed by atoms with E-state index < -0.39 is 11.7 Å². The number of carbonyl (C=O) groups is 1. The Kier molecular flexibility index (Phi) is 5.79. The summed E-state index contributed by atoms with van der Waals surface area (Å²) in [6, 6.07) is 3.35. The van der Waals surface area contributed by atoms with Crippen LogP contribution in [0.5, 0.6) is 0 Å². The van der Waals surface area contributed by atoms with Gasteiger partial charge < -0.3 is 19.6 Å². The van der Waals surface area contributed by atoms with Crippen LogP contribution in [0, 0.1) is 0 Å². The minimum absolute atomic E-state index is 0.0640. The van der Waals surface area contributed by atoms with Crippen molar-refractivity contribution in [3.05, 3.63) is 36.8 Å². The summed E-state index contributed by atoms with van der Waals surface area (Å²) in [5, 5.41) is 12.8. The molecule has 0 fully saturated rings. The zero-order chi connectivity index (χ0) is 14.3. The average molecular weight is 267 g/mol. The first-order valence-electron chi connectivity index (χ1n) is 6.24. The van der Waals surface area contributed by atoms with Gasteiger partial charge in [0.15, 0.2) is 0 Å². The highest BCUT2D eigenvalue weighted by Crippen LogP contribution is 2.19. The quantitative estimate of drug-likeness (QED) is 0.554. The number of aliphatic hydroxyl groups is 1. The summed E-state index contributed by atoms with van der Waals surface area (Å²) in [6.45, 7) is 7.34. The summed E-state index contributed by atoms with van der Waals surface area (Å²) < 4.78 is 10.4. The molecule has 0 aromatic carbocycles. The van der Waals surface area contributed by atoms with E-state index in [9.17, 15) is 9.90 Å². The molecule has 0 aliphatic rings. The van der Waals surface area contributed by atoms with Crippen LogP contribution in [0.15, 0.2) is 35.5 Å². The van der Waals surface area contributed by atoms with Crippen LogP contribution >= 0.6 is 0 Å². The van der Waals surface area contributed by atoms with E-state index in [1.165, 1.54) is 6.26 Å². The first kappa shape index (κ1) is 15.5. The summed E-state index contributed by atoms with van der Waals surface area (Å²) in [4.78, 5) is 11.7. The van der Waals surface area contributed by atoms with Crippen molar-refractivity contribution < 1.29 is 19.1 Å². The van der Waals surface area contributed by atoms with E-state index in [-0.39, 0.29) is 12.5 Å². The number of rotatable bonds is 8. The molecule has 2 atom stereocenters. The number of carbonyl (C=O) groups excluding carboxylic acids is 1. The molecule has 1 amide bonds. The number of furan rings is 1. The maximum absolute atomic E-state index is 11.7. The number of ether oxygens (including phenoxy) is 1. The lowest BCUT2D eigenvalue weighted by Crippen LogP contribution is -2.42. The van der Waals surface area contributed by atoms with Crippen LogP contribution in [0.2, 0.25) is 0 Å². The molecule has 1 aromatic rings. The van der Waals surface area contributed by atoms with Gasteiger partial charge >= 0.3 is 0 Å². The fourth-order valence-electron chi connectivity index (χ4n) is 1.48. The smallest absolute Gasteiger partial charge is 0.248 e. The third kappa shape index (κ3) is 4.89. The zero-order valence-corrected chi connectivity index (χ0v) is 11.4. The molecular formula is C14H21NO4. The van der Waals surface area contributed by atoms with E-state index in [4.69, 9.17) is 9.15 Å². The summed E-state index contributed by atoms with van der Waals surface area (Å²) in [7, 11) is 0. The van der Waals surface area contributed by atoms with Crippen molar-refractivity contribution in [2.45, 2.75) is 32.0 Å². The number of amides is 1. The maximum Gasteiger partial charge on any atom is 0.248 e. The molecule has 1 heterocycles. The largest absolute Gasteiger partial charge is 0.466 e. The molecule has 2 N–H and O–H groups in total. The van der Waals surface area contributed by atoms with E-state index in [1.54, 1.807) is 32.1 Å². The monoisotopic (exact) mass is 267 g/mol. The highest BCUT2D eigenvalue weighted by Gasteiger charge is 2.27. The molecule has 19 heavy (non-hydrogen) atoms. The van der Waals surface area contributed by atoms with Crippen LogP contribution in [0.3, 0.4) is 0 Å². The molecule has 106 valence electrons. The van der Waals surface area contributed by atoms with Gasteiger partial charge in [-0.05, 0) is 32.4 Å². The fourth-order valence-corrected chi connectivity index (χ4v) is 1.48. The summed E-state index contributed by atoms with van der Waals surface area (Å²) in [5.41, 5.74) is -1.24. The second kappa shape index (κ2) is 7.11. The Morgan fingerprint density at radius 3 is 3.05 bits per heavy atom. The molecule has 2 unspecified atom stereocenters. The van der Waals surface area contributed by atoms with Crippen molar-refractivity contribution in [1.29, 1.82) is 0 Å². The van der Waals surface area contributed by atoms with Crippen LogP contribution in [-0.2, 0) is 15.1 Å². The third-order valence-corrected chi connectivity index (χ3v) is 2.72. The fraction of sp³-hybridized carbons (Fsp3) is 0.500. The highest BCUT2D eigenvalue weighted by molar-refractivity contribution is 5.80. The van der Waals surface area contributed by atoms with Gasteiger partial charge in [0.05, 0.1) is 19.4 Å².